The monoisotopic (exact) mass is 2090 g/mol. The minimum Gasteiger partial charge on any atom is -0.478 e. The first-order chi connectivity index (χ1) is 50.9. The summed E-state index contributed by atoms with van der Waals surface area (Å²) in [7, 11) is -4.04. The summed E-state index contributed by atoms with van der Waals surface area (Å²) in [6.45, 7) is 8.17. The van der Waals surface area contributed by atoms with Crippen LogP contribution in [0.4, 0.5) is 0 Å². The zero-order valence-electron chi connectivity index (χ0n) is 59.9. The topological polar surface area (TPSA) is 356 Å². The fraction of sp³-hybridized carbons (Fsp3) is 0.651. The highest BCUT2D eigenvalue weighted by Gasteiger charge is 2.33. The molecule has 0 spiro atoms. The molecule has 0 saturated carbocycles. The Bertz CT molecular complexity index is 3230. The highest BCUT2D eigenvalue weighted by Crippen LogP contribution is 2.36. The quantitative estimate of drug-likeness (QED) is 0.0105. The first kappa shape index (κ1) is 115. The van der Waals surface area contributed by atoms with E-state index in [2.05, 4.69) is 10.6 Å². The molecule has 49 heteroatoms. The molecule has 0 bridgehead atoms. The van der Waals surface area contributed by atoms with E-state index in [0.717, 1.165) is 28.6 Å². The lowest BCUT2D eigenvalue weighted by atomic mass is 10.0. The van der Waals surface area contributed by atoms with E-state index in [1.165, 1.54) is 26.0 Å². The smallest absolute Gasteiger partial charge is 0.331 e. The molecule has 648 valence electrons. The number of nitrogens with two attached hydrogens (primary N) is 2. The number of carboxylic acids is 1. The van der Waals surface area contributed by atoms with Gasteiger partial charge in [-0.05, 0) is 114 Å². The molecule has 3 rings (SSSR count). The molecule has 2 heterocycles. The van der Waals surface area contributed by atoms with Crippen molar-refractivity contribution in [2.24, 2.45) is 11.5 Å². The molecule has 0 aromatic heterocycles. The Labute approximate surface area is 770 Å². The SMILES string of the molecule is C/C(CO)=C(\CCC(OCC(Cl)(Cl)Cl)OCC(Cl)(Cl)Cl)C(=O)O.C/C(CO)=C(\CCC(OCC(Cl)(Cl)Cl)OCC(Cl)(Cl)Cl)C(N)=O.C/C(COS(=O)(=O)c1ccc(C)cc1)=C(\CCC(OCC(Cl)(Cl)Cl)OCC(Cl)(Cl)Cl)C(N)=O.CC1=C(CCC(OCC(Cl)(Cl)Cl)OCC(Cl)(Cl)Cl)C(=O)NC1.CC1=C(CCC=O)C(=O)NC1. The van der Waals surface area contributed by atoms with Crippen molar-refractivity contribution in [3.8, 4) is 0 Å². The number of nitrogens with one attached hydrogen (secondary N) is 2. The zero-order chi connectivity index (χ0) is 87.2. The molecule has 0 atom stereocenters. The Morgan fingerprint density at radius 2 is 0.723 bits per heavy atom. The number of rotatable bonds is 40. The highest BCUT2D eigenvalue weighted by molar-refractivity contribution is 7.86. The second-order valence-electron chi connectivity index (χ2n) is 23.5. The third-order valence-corrected chi connectivity index (χ3v) is 17.6. The Morgan fingerprint density at radius 3 is 0.973 bits per heavy atom. The fourth-order valence-corrected chi connectivity index (χ4v) is 10.8. The third kappa shape index (κ3) is 60.8. The number of aliphatic carboxylic acids is 1. The highest BCUT2D eigenvalue weighted by atomic mass is 35.6. The molecule has 0 aliphatic carbocycles. The number of carboxylic acid groups (broad SMARTS) is 1. The largest absolute Gasteiger partial charge is 0.478 e. The number of halogens is 24. The lowest BCUT2D eigenvalue weighted by Gasteiger charge is -2.23. The van der Waals surface area contributed by atoms with Crippen LogP contribution in [0.25, 0.3) is 0 Å². The number of hydrogen-bond acceptors (Lipinski definition) is 19. The lowest BCUT2D eigenvalue weighted by molar-refractivity contribution is -0.145. The number of benzene rings is 1. The van der Waals surface area contributed by atoms with Gasteiger partial charge < -0.3 is 80.1 Å². The van der Waals surface area contributed by atoms with Crippen LogP contribution in [0.2, 0.25) is 0 Å². The standard InChI is InChI=1S/C19H23Cl6NO6S.C12H17Cl6NO4.C12H15Cl6NO3.C12H16Cl6O5.C8H11NO2/c1-12-3-5-14(6-4-12)33(28,29)32-9-13(2)15(17(26)27)7-8-16(30-10-18(20,21)22)31-11-19(23,24)25;1-7(4-20)8(10(19)21)2-3-9(22-5-11(13,14)15)23-6-12(16,17)18;1-7-4-19-10(20)8(7)2-3-9(21-5-11(13,14)15)22-6-12(16,17)18;1-7(4-19)8(10(20)21)2-3-9(22-5-11(13,14)15)23-6-12(16,17)18;1-6-5-9-8(11)7(6)3-2-4-10/h3-6,16H,7-11H2,1-2H3,(H2,26,27);9,20H,2-6H2,1H3,(H2,19,21);9H,2-6H2,1H3,(H,19,20);9,19H,2-6H2,1H3,(H,20,21);4H,2-3,5H2,1H3,(H,9,11)/b15-13-;8-7-;;8-7-;. The van der Waals surface area contributed by atoms with Crippen molar-refractivity contribution < 1.29 is 94.6 Å². The Balaban J connectivity index is 0. The maximum Gasteiger partial charge on any atom is 0.331 e. The maximum absolute atomic E-state index is 12.4. The lowest BCUT2D eigenvalue weighted by Crippen LogP contribution is -2.28. The first-order valence-electron chi connectivity index (χ1n) is 31.8. The number of aliphatic hydroxyl groups is 2. The first-order valence-corrected chi connectivity index (χ1v) is 42.3. The average molecular weight is 2100 g/mol. The number of amides is 4. The summed E-state index contributed by atoms with van der Waals surface area (Å²) in [5, 5.41) is 32.7. The normalized spacial score (nSPS) is 14.8. The molecule has 24 nitrogen and oxygen atoms in total. The van der Waals surface area contributed by atoms with E-state index < -0.39 is 83.4 Å². The van der Waals surface area contributed by atoms with E-state index in [1.54, 1.807) is 19.1 Å². The van der Waals surface area contributed by atoms with Crippen LogP contribution in [-0.4, -0.2) is 201 Å². The van der Waals surface area contributed by atoms with Crippen LogP contribution >= 0.6 is 278 Å². The Kier molecular flexibility index (Phi) is 58.0. The number of ether oxygens (including phenoxy) is 8. The summed E-state index contributed by atoms with van der Waals surface area (Å²) in [6.07, 6.45) is -0.381. The van der Waals surface area contributed by atoms with Gasteiger partial charge in [-0.25, -0.2) is 4.79 Å². The molecule has 4 amide bonds. The number of alkyl halides is 24. The number of aldehydes is 1. The maximum atomic E-state index is 12.4. The van der Waals surface area contributed by atoms with E-state index in [-0.39, 0.29) is 145 Å². The molecule has 0 fully saturated rings. The average Bonchev–Trinajstić information content (AvgIpc) is 1.09. The second-order valence-corrected chi connectivity index (χ2v) is 45.3. The molecular formula is C63H82Cl24N4O20S. The number of hydrogen-bond donors (Lipinski definition) is 7. The van der Waals surface area contributed by atoms with Gasteiger partial charge in [0.2, 0.25) is 54.0 Å². The number of aliphatic hydroxyl groups excluding tert-OH is 2. The molecular weight excluding hydrogens is 2020 g/mol. The summed E-state index contributed by atoms with van der Waals surface area (Å²) in [5.41, 5.74) is 16.6. The molecule has 112 heavy (non-hydrogen) atoms. The van der Waals surface area contributed by atoms with Gasteiger partial charge in [0.25, 0.3) is 10.1 Å². The number of carbonyl (C=O) groups is 6. The van der Waals surface area contributed by atoms with Crippen LogP contribution in [0.15, 0.2) is 84.9 Å². The second kappa shape index (κ2) is 56.3. The van der Waals surface area contributed by atoms with Gasteiger partial charge in [0.15, 0.2) is 25.2 Å². The van der Waals surface area contributed by atoms with Gasteiger partial charge in [0.05, 0.1) is 77.6 Å². The van der Waals surface area contributed by atoms with Gasteiger partial charge >= 0.3 is 5.97 Å². The van der Waals surface area contributed by atoms with Gasteiger partial charge in [-0.1, -0.05) is 296 Å². The van der Waals surface area contributed by atoms with E-state index >= 15 is 0 Å². The molecule has 1 aromatic rings. The summed E-state index contributed by atoms with van der Waals surface area (Å²) >= 11 is 135. The van der Waals surface area contributed by atoms with Crippen LogP contribution < -0.4 is 22.1 Å². The van der Waals surface area contributed by atoms with Gasteiger partial charge in [-0.3, -0.25) is 23.4 Å². The van der Waals surface area contributed by atoms with Crippen molar-refractivity contribution in [3.63, 3.8) is 0 Å². The predicted molar refractivity (Wildman–Crippen MR) is 451 cm³/mol. The molecule has 0 radical (unpaired) electrons. The third-order valence-electron chi connectivity index (χ3n) is 13.7. The molecule has 9 N–H and O–H groups in total. The Hall–Kier alpha value is 1.41. The van der Waals surface area contributed by atoms with Crippen LogP contribution in [0.1, 0.15) is 104 Å². The number of aryl methyl sites for hydroxylation is 1. The molecule has 2 aliphatic rings. The summed E-state index contributed by atoms with van der Waals surface area (Å²) in [4.78, 5) is 67.2. The zero-order valence-corrected chi connectivity index (χ0v) is 78.8. The molecule has 0 saturated heterocycles. The predicted octanol–water partition coefficient (Wildman–Crippen LogP) is 18.0. The fourth-order valence-electron chi connectivity index (χ4n) is 8.32. The van der Waals surface area contributed by atoms with E-state index in [0.29, 0.717) is 61.1 Å². The van der Waals surface area contributed by atoms with Crippen molar-refractivity contribution >= 4 is 324 Å². The molecule has 2 aliphatic heterocycles. The van der Waals surface area contributed by atoms with Crippen LogP contribution in [-0.2, 0) is 81.0 Å². The number of carbonyl (C=O) groups excluding carboxylic acids is 5. The van der Waals surface area contributed by atoms with Gasteiger partial charge in [-0.2, -0.15) is 8.42 Å². The Morgan fingerprint density at radius 1 is 0.455 bits per heavy atom. The van der Waals surface area contributed by atoms with Crippen LogP contribution in [0.3, 0.4) is 0 Å². The van der Waals surface area contributed by atoms with Crippen molar-refractivity contribution in [3.05, 3.63) is 85.6 Å². The van der Waals surface area contributed by atoms with E-state index in [1.807, 2.05) is 20.8 Å². The summed E-state index contributed by atoms with van der Waals surface area (Å²) in [6, 6.07) is 6.13. The molecule has 0 unspecified atom stereocenters. The van der Waals surface area contributed by atoms with Gasteiger partial charge in [-0.15, -0.1) is 0 Å². The van der Waals surface area contributed by atoms with Crippen molar-refractivity contribution in [1.82, 2.24) is 10.6 Å². The summed E-state index contributed by atoms with van der Waals surface area (Å²) in [5.74, 6) is -2.69. The van der Waals surface area contributed by atoms with Crippen molar-refractivity contribution in [1.29, 1.82) is 0 Å². The minimum absolute atomic E-state index is 0.00986. The van der Waals surface area contributed by atoms with Crippen molar-refractivity contribution in [2.75, 3.05) is 85.8 Å². The van der Waals surface area contributed by atoms with Crippen molar-refractivity contribution in [2.45, 2.75) is 166 Å². The van der Waals surface area contributed by atoms with Crippen LogP contribution in [0, 0.1) is 6.92 Å². The van der Waals surface area contributed by atoms with E-state index in [9.17, 15) is 37.2 Å². The van der Waals surface area contributed by atoms with Gasteiger partial charge in [0, 0.05) is 73.1 Å². The number of primary amides is 2. The minimum atomic E-state index is -4.04. The van der Waals surface area contributed by atoms with E-state index in [4.69, 9.17) is 347 Å². The molecule has 1 aromatic carbocycles. The van der Waals surface area contributed by atoms with Crippen LogP contribution in [0.5, 0.6) is 0 Å². The van der Waals surface area contributed by atoms with Gasteiger partial charge in [0.1, 0.15) is 6.29 Å². The summed E-state index contributed by atoms with van der Waals surface area (Å²) < 4.78 is 59.3.